The fourth-order valence-electron chi connectivity index (χ4n) is 1.86. The van der Waals surface area contributed by atoms with E-state index in [4.69, 9.17) is 5.73 Å². The van der Waals surface area contributed by atoms with Gasteiger partial charge in [-0.1, -0.05) is 12.1 Å². The van der Waals surface area contributed by atoms with Crippen molar-refractivity contribution in [2.45, 2.75) is 19.5 Å². The third-order valence-electron chi connectivity index (χ3n) is 3.06. The first-order valence-corrected chi connectivity index (χ1v) is 7.62. The lowest BCUT2D eigenvalue weighted by Gasteiger charge is -2.12. The molecule has 0 radical (unpaired) electrons. The number of thiazole rings is 1. The van der Waals surface area contributed by atoms with Crippen LogP contribution in [0.3, 0.4) is 0 Å². The Balaban J connectivity index is 1.83. The molecule has 5 nitrogen and oxygen atoms in total. The highest BCUT2D eigenvalue weighted by Crippen LogP contribution is 2.12. The molecular weight excluding hydrogens is 284 g/mol. The Morgan fingerprint density at radius 1 is 1.33 bits per heavy atom. The van der Waals surface area contributed by atoms with Gasteiger partial charge in [-0.05, 0) is 17.7 Å². The number of hydrogen-bond acceptors (Lipinski definition) is 5. The molecule has 2 rings (SSSR count). The molecule has 1 amide bonds. The van der Waals surface area contributed by atoms with E-state index in [-0.39, 0.29) is 5.91 Å². The van der Waals surface area contributed by atoms with Gasteiger partial charge in [0.15, 0.2) is 0 Å². The molecule has 0 fully saturated rings. The quantitative estimate of drug-likeness (QED) is 0.849. The summed E-state index contributed by atoms with van der Waals surface area (Å²) in [7, 11) is 4.00. The lowest BCUT2D eigenvalue weighted by atomic mass is 10.2. The Bertz CT molecular complexity index is 592. The van der Waals surface area contributed by atoms with E-state index in [1.54, 1.807) is 0 Å². The smallest absolute Gasteiger partial charge is 0.226 e. The van der Waals surface area contributed by atoms with Crippen LogP contribution in [0, 0.1) is 0 Å². The first-order valence-electron chi connectivity index (χ1n) is 6.75. The van der Waals surface area contributed by atoms with Gasteiger partial charge in [-0.15, -0.1) is 11.3 Å². The normalized spacial score (nSPS) is 10.4. The van der Waals surface area contributed by atoms with Gasteiger partial charge in [0, 0.05) is 38.3 Å². The number of anilines is 1. The highest BCUT2D eigenvalue weighted by molar-refractivity contribution is 7.09. The predicted molar refractivity (Wildman–Crippen MR) is 86.3 cm³/mol. The average molecular weight is 304 g/mol. The van der Waals surface area contributed by atoms with Crippen molar-refractivity contribution in [3.8, 4) is 0 Å². The van der Waals surface area contributed by atoms with E-state index < -0.39 is 0 Å². The molecule has 112 valence electrons. The second kappa shape index (κ2) is 7.19. The summed E-state index contributed by atoms with van der Waals surface area (Å²) in [5, 5.41) is 5.65. The number of nitrogens with two attached hydrogens (primary N) is 1. The minimum Gasteiger partial charge on any atom is -0.378 e. The van der Waals surface area contributed by atoms with Crippen LogP contribution in [0.15, 0.2) is 29.6 Å². The van der Waals surface area contributed by atoms with Crippen molar-refractivity contribution >= 4 is 22.9 Å². The van der Waals surface area contributed by atoms with Crippen LogP contribution in [0.4, 0.5) is 5.69 Å². The topological polar surface area (TPSA) is 71.2 Å². The first kappa shape index (κ1) is 15.5. The second-order valence-corrected chi connectivity index (χ2v) is 5.89. The fraction of sp³-hybridized carbons (Fsp3) is 0.333. The van der Waals surface area contributed by atoms with Crippen LogP contribution in [0.25, 0.3) is 0 Å². The van der Waals surface area contributed by atoms with Crippen molar-refractivity contribution in [3.63, 3.8) is 0 Å². The van der Waals surface area contributed by atoms with Gasteiger partial charge in [0.2, 0.25) is 5.91 Å². The lowest BCUT2D eigenvalue weighted by Crippen LogP contribution is -2.24. The summed E-state index contributed by atoms with van der Waals surface area (Å²) in [6.07, 6.45) is 0.298. The van der Waals surface area contributed by atoms with E-state index in [0.29, 0.717) is 19.5 Å². The number of carbonyl (C=O) groups is 1. The van der Waals surface area contributed by atoms with E-state index >= 15 is 0 Å². The number of amides is 1. The van der Waals surface area contributed by atoms with Crippen LogP contribution < -0.4 is 16.0 Å². The number of aromatic nitrogens is 1. The SMILES string of the molecule is CN(C)c1ccc(CNC(=O)Cc2csc(CN)n2)cc1. The van der Waals surface area contributed by atoms with Gasteiger partial charge in [0.1, 0.15) is 5.01 Å². The van der Waals surface area contributed by atoms with Gasteiger partial charge in [-0.25, -0.2) is 4.98 Å². The van der Waals surface area contributed by atoms with Crippen molar-refractivity contribution in [2.24, 2.45) is 5.73 Å². The zero-order valence-electron chi connectivity index (χ0n) is 12.3. The molecule has 0 spiro atoms. The van der Waals surface area contributed by atoms with E-state index in [2.05, 4.69) is 10.3 Å². The standard InChI is InChI=1S/C15H20N4OS/c1-19(2)13-5-3-11(4-6-13)9-17-14(20)7-12-10-21-15(8-16)18-12/h3-6,10H,7-9,16H2,1-2H3,(H,17,20). The van der Waals surface area contributed by atoms with Gasteiger partial charge in [-0.2, -0.15) is 0 Å². The zero-order valence-corrected chi connectivity index (χ0v) is 13.1. The van der Waals surface area contributed by atoms with Crippen molar-refractivity contribution < 1.29 is 4.79 Å². The molecule has 21 heavy (non-hydrogen) atoms. The lowest BCUT2D eigenvalue weighted by molar-refractivity contribution is -0.120. The highest BCUT2D eigenvalue weighted by atomic mass is 32.1. The van der Waals surface area contributed by atoms with Crippen LogP contribution in [0.5, 0.6) is 0 Å². The van der Waals surface area contributed by atoms with E-state index in [1.807, 2.05) is 48.6 Å². The number of hydrogen-bond donors (Lipinski definition) is 2. The number of nitrogens with zero attached hydrogens (tertiary/aromatic N) is 2. The summed E-state index contributed by atoms with van der Waals surface area (Å²) in [6, 6.07) is 8.11. The number of carbonyl (C=O) groups excluding carboxylic acids is 1. The minimum atomic E-state index is -0.0273. The number of benzene rings is 1. The third-order valence-corrected chi connectivity index (χ3v) is 3.98. The van der Waals surface area contributed by atoms with Crippen LogP contribution >= 0.6 is 11.3 Å². The first-order chi connectivity index (χ1) is 10.1. The van der Waals surface area contributed by atoms with E-state index in [0.717, 1.165) is 22.0 Å². The monoisotopic (exact) mass is 304 g/mol. The summed E-state index contributed by atoms with van der Waals surface area (Å²) >= 11 is 1.49. The van der Waals surface area contributed by atoms with Crippen molar-refractivity contribution in [1.82, 2.24) is 10.3 Å². The zero-order chi connectivity index (χ0) is 15.2. The van der Waals surface area contributed by atoms with Crippen LogP contribution in [0.2, 0.25) is 0 Å². The van der Waals surface area contributed by atoms with Gasteiger partial charge in [-0.3, -0.25) is 4.79 Å². The Labute approximate surface area is 128 Å². The van der Waals surface area contributed by atoms with Gasteiger partial charge < -0.3 is 16.0 Å². The summed E-state index contributed by atoms with van der Waals surface area (Å²) < 4.78 is 0. The number of rotatable bonds is 6. The molecule has 1 aromatic heterocycles. The van der Waals surface area contributed by atoms with Crippen LogP contribution in [-0.2, 0) is 24.3 Å². The van der Waals surface area contributed by atoms with Crippen LogP contribution in [0.1, 0.15) is 16.3 Å². The Morgan fingerprint density at radius 2 is 2.05 bits per heavy atom. The summed E-state index contributed by atoms with van der Waals surface area (Å²) in [5.41, 5.74) is 8.50. The molecule has 0 saturated heterocycles. The Hall–Kier alpha value is -1.92. The molecule has 0 bridgehead atoms. The molecule has 0 unspecified atom stereocenters. The Morgan fingerprint density at radius 3 is 2.62 bits per heavy atom. The van der Waals surface area contributed by atoms with E-state index in [1.165, 1.54) is 11.3 Å². The van der Waals surface area contributed by atoms with E-state index in [9.17, 15) is 4.79 Å². The predicted octanol–water partition coefficient (Wildman–Crippen LogP) is 1.53. The maximum absolute atomic E-state index is 11.9. The van der Waals surface area contributed by atoms with Crippen molar-refractivity contribution in [2.75, 3.05) is 19.0 Å². The molecular formula is C15H20N4OS. The highest BCUT2D eigenvalue weighted by Gasteiger charge is 2.07. The molecule has 6 heteroatoms. The van der Waals surface area contributed by atoms with Gasteiger partial charge >= 0.3 is 0 Å². The fourth-order valence-corrected chi connectivity index (χ4v) is 2.54. The molecule has 0 aliphatic heterocycles. The van der Waals surface area contributed by atoms with Crippen LogP contribution in [-0.4, -0.2) is 25.0 Å². The summed E-state index contributed by atoms with van der Waals surface area (Å²) in [4.78, 5) is 18.2. The molecule has 0 aliphatic carbocycles. The average Bonchev–Trinajstić information content (AvgIpc) is 2.93. The molecule has 1 heterocycles. The van der Waals surface area contributed by atoms with Gasteiger partial charge in [0.05, 0.1) is 12.1 Å². The molecule has 3 N–H and O–H groups in total. The molecule has 1 aromatic carbocycles. The third kappa shape index (κ3) is 4.54. The maximum Gasteiger partial charge on any atom is 0.226 e. The molecule has 0 atom stereocenters. The summed E-state index contributed by atoms with van der Waals surface area (Å²) in [6.45, 7) is 0.949. The molecule has 0 saturated carbocycles. The van der Waals surface area contributed by atoms with Gasteiger partial charge in [0.25, 0.3) is 0 Å². The minimum absolute atomic E-state index is 0.0273. The van der Waals surface area contributed by atoms with Crippen molar-refractivity contribution in [1.29, 1.82) is 0 Å². The van der Waals surface area contributed by atoms with Crippen molar-refractivity contribution in [3.05, 3.63) is 45.9 Å². The largest absolute Gasteiger partial charge is 0.378 e. The maximum atomic E-state index is 11.9. The second-order valence-electron chi connectivity index (χ2n) is 4.95. The molecule has 0 aliphatic rings. The Kier molecular flexibility index (Phi) is 5.30. The summed E-state index contributed by atoms with van der Waals surface area (Å²) in [5.74, 6) is -0.0273. The number of nitrogens with one attached hydrogen (secondary N) is 1. The molecule has 2 aromatic rings.